The Morgan fingerprint density at radius 2 is 1.73 bits per heavy atom. The molecular formula is C27H44N2O4. The Bertz CT molecular complexity index is 826. The molecule has 0 spiro atoms. The van der Waals surface area contributed by atoms with Crippen LogP contribution in [0, 0.1) is 25.2 Å². The summed E-state index contributed by atoms with van der Waals surface area (Å²) >= 11 is 0. The Hall–Kier alpha value is -1.63. The van der Waals surface area contributed by atoms with E-state index in [1.54, 1.807) is 11.8 Å². The Morgan fingerprint density at radius 3 is 2.30 bits per heavy atom. The minimum atomic E-state index is -1.21. The van der Waals surface area contributed by atoms with E-state index < -0.39 is 11.2 Å². The molecule has 186 valence electrons. The van der Waals surface area contributed by atoms with Crippen molar-refractivity contribution in [1.82, 2.24) is 9.80 Å². The molecule has 1 saturated heterocycles. The van der Waals surface area contributed by atoms with Gasteiger partial charge in [-0.2, -0.15) is 0 Å². The first kappa shape index (κ1) is 26.0. The Balaban J connectivity index is 1.68. The van der Waals surface area contributed by atoms with Crippen molar-refractivity contribution < 1.29 is 19.7 Å². The molecule has 33 heavy (non-hydrogen) atoms. The minimum absolute atomic E-state index is 0.0501. The van der Waals surface area contributed by atoms with Gasteiger partial charge in [-0.15, -0.1) is 0 Å². The first-order valence-corrected chi connectivity index (χ1v) is 12.4. The van der Waals surface area contributed by atoms with E-state index in [1.807, 2.05) is 25.1 Å². The topological polar surface area (TPSA) is 73.2 Å². The van der Waals surface area contributed by atoms with Crippen LogP contribution in [0.5, 0.6) is 5.75 Å². The molecule has 0 unspecified atom stereocenters. The highest BCUT2D eigenvalue weighted by Gasteiger charge is 2.42. The average molecular weight is 461 g/mol. The molecule has 6 nitrogen and oxygen atoms in total. The molecule has 0 aromatic heterocycles. The fraction of sp³-hybridized carbons (Fsp3) is 0.741. The normalized spacial score (nSPS) is 29.6. The van der Waals surface area contributed by atoms with Gasteiger partial charge in [-0.1, -0.05) is 26.8 Å². The van der Waals surface area contributed by atoms with Gasteiger partial charge in [-0.3, -0.25) is 9.69 Å². The van der Waals surface area contributed by atoms with Crippen molar-refractivity contribution in [3.63, 3.8) is 0 Å². The maximum Gasteiger partial charge on any atom is 0.219 e. The lowest BCUT2D eigenvalue weighted by Crippen LogP contribution is -2.54. The highest BCUT2D eigenvalue weighted by Crippen LogP contribution is 2.41. The molecule has 1 aromatic rings. The van der Waals surface area contributed by atoms with Crippen LogP contribution < -0.4 is 4.74 Å². The largest absolute Gasteiger partial charge is 0.490 e. The van der Waals surface area contributed by atoms with Crippen molar-refractivity contribution in [2.24, 2.45) is 11.3 Å². The predicted octanol–water partition coefficient (Wildman–Crippen LogP) is 3.54. The van der Waals surface area contributed by atoms with Crippen LogP contribution in [0.15, 0.2) is 18.2 Å². The summed E-state index contributed by atoms with van der Waals surface area (Å²) in [5.74, 6) is 1.29. The first-order chi connectivity index (χ1) is 15.3. The molecule has 0 radical (unpaired) electrons. The molecule has 1 aromatic carbocycles. The van der Waals surface area contributed by atoms with Gasteiger partial charge in [0, 0.05) is 33.1 Å². The summed E-state index contributed by atoms with van der Waals surface area (Å²) in [6.45, 7) is 14.9. The van der Waals surface area contributed by atoms with E-state index in [1.165, 1.54) is 5.56 Å². The predicted molar refractivity (Wildman–Crippen MR) is 131 cm³/mol. The maximum atomic E-state index is 12.2. The Labute approximate surface area is 199 Å². The van der Waals surface area contributed by atoms with Crippen LogP contribution in [0.3, 0.4) is 0 Å². The van der Waals surface area contributed by atoms with Gasteiger partial charge in [0.05, 0.1) is 12.1 Å². The van der Waals surface area contributed by atoms with E-state index in [0.717, 1.165) is 37.0 Å². The van der Waals surface area contributed by atoms with Gasteiger partial charge in [-0.05, 0) is 74.1 Å². The molecule has 1 heterocycles. The van der Waals surface area contributed by atoms with Gasteiger partial charge < -0.3 is 19.8 Å². The zero-order valence-electron chi connectivity index (χ0n) is 21.5. The molecule has 0 bridgehead atoms. The van der Waals surface area contributed by atoms with Crippen molar-refractivity contribution in [2.45, 2.75) is 78.4 Å². The number of nitrogens with zero attached hydrogens (tertiary/aromatic N) is 2. The highest BCUT2D eigenvalue weighted by atomic mass is 16.5. The van der Waals surface area contributed by atoms with E-state index in [4.69, 9.17) is 4.74 Å². The van der Waals surface area contributed by atoms with Gasteiger partial charge in [0.25, 0.3) is 0 Å². The number of hydrogen-bond donors (Lipinski definition) is 2. The van der Waals surface area contributed by atoms with Crippen LogP contribution >= 0.6 is 0 Å². The van der Waals surface area contributed by atoms with Crippen molar-refractivity contribution >= 4 is 5.91 Å². The zero-order valence-corrected chi connectivity index (χ0v) is 21.5. The number of hydrogen-bond acceptors (Lipinski definition) is 5. The number of amides is 1. The van der Waals surface area contributed by atoms with Gasteiger partial charge in [0.2, 0.25) is 5.91 Å². The van der Waals surface area contributed by atoms with Crippen molar-refractivity contribution in [3.05, 3.63) is 29.3 Å². The van der Waals surface area contributed by atoms with Crippen molar-refractivity contribution in [2.75, 3.05) is 39.3 Å². The molecule has 2 aliphatic rings. The molecular weight excluding hydrogens is 416 g/mol. The SMILES string of the molecule is CC(=O)N1CCN(CC2(O)CCC(C(C)(C)C)CC2)C[C@](O)(COc2ccc(C)c(C)c2)C1. The second-order valence-electron chi connectivity index (χ2n) is 11.8. The van der Waals surface area contributed by atoms with Crippen LogP contribution in [0.4, 0.5) is 0 Å². The van der Waals surface area contributed by atoms with Crippen LogP contribution in [0.1, 0.15) is 64.5 Å². The summed E-state index contributed by atoms with van der Waals surface area (Å²) in [6.07, 6.45) is 3.60. The van der Waals surface area contributed by atoms with Gasteiger partial charge >= 0.3 is 0 Å². The summed E-state index contributed by atoms with van der Waals surface area (Å²) in [6, 6.07) is 5.91. The van der Waals surface area contributed by atoms with Crippen LogP contribution in [0.25, 0.3) is 0 Å². The van der Waals surface area contributed by atoms with Gasteiger partial charge in [0.15, 0.2) is 0 Å². The van der Waals surface area contributed by atoms with Gasteiger partial charge in [-0.25, -0.2) is 0 Å². The van der Waals surface area contributed by atoms with Crippen LogP contribution in [-0.4, -0.2) is 76.5 Å². The fourth-order valence-electron chi connectivity index (χ4n) is 5.35. The summed E-state index contributed by atoms with van der Waals surface area (Å²) in [5, 5.41) is 22.9. The molecule has 1 saturated carbocycles. The first-order valence-electron chi connectivity index (χ1n) is 12.4. The minimum Gasteiger partial charge on any atom is -0.490 e. The third-order valence-electron chi connectivity index (χ3n) is 7.78. The van der Waals surface area contributed by atoms with Crippen molar-refractivity contribution in [3.8, 4) is 5.75 Å². The number of benzene rings is 1. The number of aryl methyl sites for hydroxylation is 2. The Morgan fingerprint density at radius 1 is 1.06 bits per heavy atom. The summed E-state index contributed by atoms with van der Waals surface area (Å²) in [7, 11) is 0. The second-order valence-corrected chi connectivity index (χ2v) is 11.8. The smallest absolute Gasteiger partial charge is 0.219 e. The monoisotopic (exact) mass is 460 g/mol. The lowest BCUT2D eigenvalue weighted by molar-refractivity contribution is -0.132. The van der Waals surface area contributed by atoms with Crippen molar-refractivity contribution in [1.29, 1.82) is 0 Å². The third-order valence-corrected chi connectivity index (χ3v) is 7.78. The lowest BCUT2D eigenvalue weighted by atomic mass is 9.68. The van der Waals surface area contributed by atoms with Crippen LogP contribution in [-0.2, 0) is 4.79 Å². The number of carbonyl (C=O) groups is 1. The fourth-order valence-corrected chi connectivity index (χ4v) is 5.35. The number of β-amino-alcohol motifs (C(OH)–C–C–N with tert-alkyl or cyclic N) is 2. The number of aliphatic hydroxyl groups is 2. The zero-order chi connectivity index (χ0) is 24.4. The average Bonchev–Trinajstić information content (AvgIpc) is 2.87. The molecule has 1 aliphatic carbocycles. The number of carbonyl (C=O) groups excluding carboxylic acids is 1. The molecule has 1 atom stereocenters. The maximum absolute atomic E-state index is 12.2. The quantitative estimate of drug-likeness (QED) is 0.703. The van der Waals surface area contributed by atoms with Crippen LogP contribution in [0.2, 0.25) is 0 Å². The highest BCUT2D eigenvalue weighted by molar-refractivity contribution is 5.73. The molecule has 2 fully saturated rings. The van der Waals surface area contributed by atoms with E-state index in [-0.39, 0.29) is 24.5 Å². The molecule has 3 rings (SSSR count). The second kappa shape index (κ2) is 9.93. The summed E-state index contributed by atoms with van der Waals surface area (Å²) in [5.41, 5.74) is 0.639. The van der Waals surface area contributed by atoms with E-state index in [9.17, 15) is 15.0 Å². The number of rotatable bonds is 5. The van der Waals surface area contributed by atoms with E-state index in [2.05, 4.69) is 32.6 Å². The summed E-state index contributed by atoms with van der Waals surface area (Å²) < 4.78 is 6.01. The summed E-state index contributed by atoms with van der Waals surface area (Å²) in [4.78, 5) is 16.0. The Kier molecular flexibility index (Phi) is 7.82. The molecule has 2 N–H and O–H groups in total. The van der Waals surface area contributed by atoms with Gasteiger partial charge in [0.1, 0.15) is 18.0 Å². The van der Waals surface area contributed by atoms with E-state index >= 15 is 0 Å². The standard InChI is InChI=1S/C27H44N2O4/c1-20-7-8-24(15-21(20)2)33-19-27(32)17-28(13-14-29(18-27)22(3)30)16-26(31)11-9-23(10-12-26)25(4,5)6/h7-8,15,23,31-32H,9-14,16-19H2,1-6H3/t23?,26?,27-/m1/s1. The molecule has 1 aliphatic heterocycles. The number of ether oxygens (including phenoxy) is 1. The molecule has 6 heteroatoms. The lowest BCUT2D eigenvalue weighted by Gasteiger charge is -2.43. The molecule has 1 amide bonds. The van der Waals surface area contributed by atoms with E-state index in [0.29, 0.717) is 32.1 Å². The third kappa shape index (κ3) is 6.93.